The molecule has 118 valence electrons. The van der Waals surface area contributed by atoms with Crippen LogP contribution in [0.15, 0.2) is 52.9 Å². The zero-order valence-corrected chi connectivity index (χ0v) is 12.9. The molecule has 0 fully saturated rings. The fourth-order valence-electron chi connectivity index (χ4n) is 2.73. The number of aryl methyl sites for hydroxylation is 1. The van der Waals surface area contributed by atoms with Crippen molar-refractivity contribution in [3.63, 3.8) is 0 Å². The molecule has 0 saturated heterocycles. The van der Waals surface area contributed by atoms with Gasteiger partial charge in [-0.25, -0.2) is 0 Å². The van der Waals surface area contributed by atoms with Crippen LogP contribution in [0, 0.1) is 6.92 Å². The van der Waals surface area contributed by atoms with Crippen LogP contribution in [0.4, 0.5) is 0 Å². The van der Waals surface area contributed by atoms with Gasteiger partial charge < -0.3 is 4.42 Å². The molecule has 3 aromatic rings. The first kappa shape index (κ1) is 14.3. The summed E-state index contributed by atoms with van der Waals surface area (Å²) in [6.07, 6.45) is 0. The van der Waals surface area contributed by atoms with E-state index in [0.29, 0.717) is 17.0 Å². The van der Waals surface area contributed by atoms with Gasteiger partial charge in [-0.05, 0) is 31.2 Å². The molecule has 0 bridgehead atoms. The Bertz CT molecular complexity index is 926. The van der Waals surface area contributed by atoms with Crippen LogP contribution < -0.4 is 0 Å². The molecule has 1 aliphatic rings. The highest BCUT2D eigenvalue weighted by molar-refractivity contribution is 6.21. The van der Waals surface area contributed by atoms with Gasteiger partial charge in [-0.3, -0.25) is 14.5 Å². The molecule has 0 radical (unpaired) electrons. The van der Waals surface area contributed by atoms with E-state index in [2.05, 4.69) is 10.2 Å². The van der Waals surface area contributed by atoms with Gasteiger partial charge in [0.2, 0.25) is 11.8 Å². The maximum Gasteiger partial charge on any atom is 0.262 e. The standard InChI is InChI=1S/C18H13N3O3/c1-11-5-4-6-12(9-11)16-20-19-15(24-16)10-21-17(22)13-7-2-3-8-14(13)18(21)23/h2-9H,10H2,1H3. The molecule has 2 heterocycles. The van der Waals surface area contributed by atoms with Crippen LogP contribution >= 0.6 is 0 Å². The van der Waals surface area contributed by atoms with Crippen molar-refractivity contribution in [3.8, 4) is 11.5 Å². The van der Waals surface area contributed by atoms with Gasteiger partial charge in [0.25, 0.3) is 11.8 Å². The molecule has 0 atom stereocenters. The summed E-state index contributed by atoms with van der Waals surface area (Å²) in [5, 5.41) is 7.96. The lowest BCUT2D eigenvalue weighted by atomic mass is 10.1. The molecule has 24 heavy (non-hydrogen) atoms. The summed E-state index contributed by atoms with van der Waals surface area (Å²) in [5.74, 6) is -0.0943. The van der Waals surface area contributed by atoms with E-state index in [1.165, 1.54) is 0 Å². The van der Waals surface area contributed by atoms with E-state index in [9.17, 15) is 9.59 Å². The molecule has 2 amide bonds. The predicted octanol–water partition coefficient (Wildman–Crippen LogP) is 2.84. The minimum absolute atomic E-state index is 0.0365. The van der Waals surface area contributed by atoms with Crippen LogP contribution in [0.3, 0.4) is 0 Å². The number of aromatic nitrogens is 2. The lowest BCUT2D eigenvalue weighted by Gasteiger charge is -2.10. The molecular weight excluding hydrogens is 306 g/mol. The molecule has 1 aliphatic heterocycles. The highest BCUT2D eigenvalue weighted by Crippen LogP contribution is 2.25. The minimum Gasteiger partial charge on any atom is -0.419 e. The second-order valence-electron chi connectivity index (χ2n) is 5.61. The first-order chi connectivity index (χ1) is 11.6. The molecule has 4 rings (SSSR count). The molecule has 2 aromatic carbocycles. The van der Waals surface area contributed by atoms with E-state index < -0.39 is 0 Å². The normalized spacial score (nSPS) is 13.5. The number of nitrogens with zero attached hydrogens (tertiary/aromatic N) is 3. The molecule has 6 nitrogen and oxygen atoms in total. The smallest absolute Gasteiger partial charge is 0.262 e. The van der Waals surface area contributed by atoms with Crippen LogP contribution in [0.5, 0.6) is 0 Å². The minimum atomic E-state index is -0.342. The second kappa shape index (κ2) is 5.42. The maximum absolute atomic E-state index is 12.3. The number of fused-ring (bicyclic) bond motifs is 1. The van der Waals surface area contributed by atoms with E-state index in [4.69, 9.17) is 4.42 Å². The first-order valence-corrected chi connectivity index (χ1v) is 7.48. The van der Waals surface area contributed by atoms with Crippen molar-refractivity contribution >= 4 is 11.8 Å². The number of rotatable bonds is 3. The van der Waals surface area contributed by atoms with Crippen LogP contribution in [0.1, 0.15) is 32.2 Å². The Balaban J connectivity index is 1.59. The van der Waals surface area contributed by atoms with Gasteiger partial charge in [-0.2, -0.15) is 0 Å². The molecule has 1 aromatic heterocycles. The van der Waals surface area contributed by atoms with Crippen molar-refractivity contribution in [1.29, 1.82) is 0 Å². The SMILES string of the molecule is Cc1cccc(-c2nnc(CN3C(=O)c4ccccc4C3=O)o2)c1. The van der Waals surface area contributed by atoms with E-state index >= 15 is 0 Å². The number of amides is 2. The summed E-state index contributed by atoms with van der Waals surface area (Å²) in [6, 6.07) is 14.4. The third kappa shape index (κ3) is 2.28. The van der Waals surface area contributed by atoms with Crippen LogP contribution in [-0.2, 0) is 6.54 Å². The lowest BCUT2D eigenvalue weighted by Crippen LogP contribution is -2.29. The van der Waals surface area contributed by atoms with Crippen LogP contribution in [0.25, 0.3) is 11.5 Å². The van der Waals surface area contributed by atoms with Gasteiger partial charge >= 0.3 is 0 Å². The molecule has 0 N–H and O–H groups in total. The average Bonchev–Trinajstić information content (AvgIpc) is 3.15. The van der Waals surface area contributed by atoms with Crippen LogP contribution in [0.2, 0.25) is 0 Å². The Labute approximate surface area is 137 Å². The molecular formula is C18H13N3O3. The number of benzene rings is 2. The summed E-state index contributed by atoms with van der Waals surface area (Å²) in [6.45, 7) is 1.94. The Hall–Kier alpha value is -3.28. The van der Waals surface area contributed by atoms with Crippen molar-refractivity contribution in [3.05, 3.63) is 71.1 Å². The summed E-state index contributed by atoms with van der Waals surface area (Å²) in [7, 11) is 0. The Kier molecular flexibility index (Phi) is 3.23. The molecule has 0 aliphatic carbocycles. The zero-order chi connectivity index (χ0) is 16.7. The Morgan fingerprint density at radius 1 is 0.958 bits per heavy atom. The Morgan fingerprint density at radius 3 is 2.33 bits per heavy atom. The van der Waals surface area contributed by atoms with Crippen molar-refractivity contribution in [2.45, 2.75) is 13.5 Å². The van der Waals surface area contributed by atoms with E-state index in [0.717, 1.165) is 16.0 Å². The largest absolute Gasteiger partial charge is 0.419 e. The predicted molar refractivity (Wildman–Crippen MR) is 85.1 cm³/mol. The summed E-state index contributed by atoms with van der Waals surface area (Å²) < 4.78 is 5.61. The highest BCUT2D eigenvalue weighted by atomic mass is 16.4. The van der Waals surface area contributed by atoms with Gasteiger partial charge in [-0.1, -0.05) is 29.8 Å². The lowest BCUT2D eigenvalue weighted by molar-refractivity contribution is 0.0629. The highest BCUT2D eigenvalue weighted by Gasteiger charge is 2.36. The first-order valence-electron chi connectivity index (χ1n) is 7.48. The van der Waals surface area contributed by atoms with E-state index in [-0.39, 0.29) is 24.2 Å². The summed E-state index contributed by atoms with van der Waals surface area (Å²) >= 11 is 0. The van der Waals surface area contributed by atoms with Gasteiger partial charge in [0.1, 0.15) is 6.54 Å². The van der Waals surface area contributed by atoms with Crippen LogP contribution in [-0.4, -0.2) is 26.9 Å². The van der Waals surface area contributed by atoms with E-state index in [1.807, 2.05) is 31.2 Å². The van der Waals surface area contributed by atoms with Gasteiger partial charge in [0, 0.05) is 5.56 Å². The Morgan fingerprint density at radius 2 is 1.67 bits per heavy atom. The topological polar surface area (TPSA) is 76.3 Å². The maximum atomic E-state index is 12.3. The number of hydrogen-bond acceptors (Lipinski definition) is 5. The quantitative estimate of drug-likeness (QED) is 0.694. The molecule has 6 heteroatoms. The van der Waals surface area contributed by atoms with Crippen molar-refractivity contribution in [2.75, 3.05) is 0 Å². The van der Waals surface area contributed by atoms with E-state index in [1.54, 1.807) is 24.3 Å². The third-order valence-corrected chi connectivity index (χ3v) is 3.90. The monoisotopic (exact) mass is 319 g/mol. The molecule has 0 spiro atoms. The third-order valence-electron chi connectivity index (χ3n) is 3.90. The molecule has 0 saturated carbocycles. The van der Waals surface area contributed by atoms with Crippen molar-refractivity contribution in [1.82, 2.24) is 15.1 Å². The van der Waals surface area contributed by atoms with Gasteiger partial charge in [-0.15, -0.1) is 10.2 Å². The number of hydrogen-bond donors (Lipinski definition) is 0. The van der Waals surface area contributed by atoms with Gasteiger partial charge in [0.05, 0.1) is 11.1 Å². The number of carbonyl (C=O) groups is 2. The fourth-order valence-corrected chi connectivity index (χ4v) is 2.73. The molecule has 0 unspecified atom stereocenters. The average molecular weight is 319 g/mol. The summed E-state index contributed by atoms with van der Waals surface area (Å²) in [5.41, 5.74) is 2.69. The van der Waals surface area contributed by atoms with Crippen molar-refractivity contribution < 1.29 is 14.0 Å². The number of imide groups is 1. The zero-order valence-electron chi connectivity index (χ0n) is 12.9. The fraction of sp³-hybridized carbons (Fsp3) is 0.111. The second-order valence-corrected chi connectivity index (χ2v) is 5.61. The summed E-state index contributed by atoms with van der Waals surface area (Å²) in [4.78, 5) is 25.8. The van der Waals surface area contributed by atoms with Crippen molar-refractivity contribution in [2.24, 2.45) is 0 Å². The van der Waals surface area contributed by atoms with Gasteiger partial charge in [0.15, 0.2) is 0 Å². The number of carbonyl (C=O) groups excluding carboxylic acids is 2.